The third-order valence-corrected chi connectivity index (χ3v) is 5.08. The van der Waals surface area contributed by atoms with Gasteiger partial charge in [0.25, 0.3) is 0 Å². The second-order valence-electron chi connectivity index (χ2n) is 6.98. The number of rotatable bonds is 6. The number of furan rings is 1. The average Bonchev–Trinajstić information content (AvgIpc) is 3.45. The van der Waals surface area contributed by atoms with Gasteiger partial charge in [0.1, 0.15) is 17.1 Å². The van der Waals surface area contributed by atoms with Crippen LogP contribution in [0.5, 0.6) is 0 Å². The van der Waals surface area contributed by atoms with Crippen molar-refractivity contribution in [3.8, 4) is 0 Å². The van der Waals surface area contributed by atoms with E-state index in [0.717, 1.165) is 18.4 Å². The van der Waals surface area contributed by atoms with E-state index in [2.05, 4.69) is 9.97 Å². The smallest absolute Gasteiger partial charge is 0.342 e. The zero-order valence-corrected chi connectivity index (χ0v) is 16.2. The first kappa shape index (κ1) is 18.9. The molecule has 0 spiro atoms. The van der Waals surface area contributed by atoms with E-state index in [1.165, 1.54) is 0 Å². The minimum Gasteiger partial charge on any atom is -0.462 e. The van der Waals surface area contributed by atoms with Crippen LogP contribution in [0.15, 0.2) is 34.7 Å². The maximum absolute atomic E-state index is 12.7. The molecule has 150 valence electrons. The van der Waals surface area contributed by atoms with Crippen LogP contribution in [0.2, 0.25) is 0 Å². The minimum atomic E-state index is -0.588. The van der Waals surface area contributed by atoms with Crippen LogP contribution in [-0.4, -0.2) is 28.5 Å². The number of esters is 2. The number of carbonyl (C=O) groups is 2. The van der Waals surface area contributed by atoms with Crippen LogP contribution in [0, 0.1) is 6.92 Å². The van der Waals surface area contributed by atoms with Gasteiger partial charge in [-0.1, -0.05) is 30.3 Å². The van der Waals surface area contributed by atoms with Crippen LogP contribution >= 0.6 is 0 Å². The number of aromatic nitrogens is 2. The van der Waals surface area contributed by atoms with Crippen LogP contribution in [0.4, 0.5) is 5.82 Å². The molecule has 29 heavy (non-hydrogen) atoms. The SMILES string of the molecule is CCOC(=O)c1c(C)oc2nc(COC(=O)C3(c4ccccc4)CC3)nc(N)c12. The van der Waals surface area contributed by atoms with Crippen LogP contribution in [0.1, 0.15) is 47.3 Å². The highest BCUT2D eigenvalue weighted by Gasteiger charge is 2.52. The molecular formula is C21H21N3O5. The van der Waals surface area contributed by atoms with Gasteiger partial charge < -0.3 is 19.6 Å². The number of nitrogen functional groups attached to an aromatic ring is 1. The number of nitrogens with two attached hydrogens (primary N) is 1. The van der Waals surface area contributed by atoms with Crippen LogP contribution in [-0.2, 0) is 26.3 Å². The van der Waals surface area contributed by atoms with Gasteiger partial charge in [-0.15, -0.1) is 0 Å². The predicted molar refractivity (Wildman–Crippen MR) is 104 cm³/mol. The Kier molecular flexibility index (Phi) is 4.70. The number of hydrogen-bond donors (Lipinski definition) is 1. The zero-order valence-electron chi connectivity index (χ0n) is 16.2. The van der Waals surface area contributed by atoms with Gasteiger partial charge in [0.05, 0.1) is 17.4 Å². The van der Waals surface area contributed by atoms with Crippen molar-refractivity contribution in [1.82, 2.24) is 9.97 Å². The number of aryl methyl sites for hydroxylation is 1. The first-order chi connectivity index (χ1) is 14.0. The van der Waals surface area contributed by atoms with Crippen molar-refractivity contribution in [3.05, 3.63) is 53.0 Å². The summed E-state index contributed by atoms with van der Waals surface area (Å²) in [6.07, 6.45) is 1.50. The summed E-state index contributed by atoms with van der Waals surface area (Å²) in [7, 11) is 0. The maximum atomic E-state index is 12.7. The number of ether oxygens (including phenoxy) is 2. The van der Waals surface area contributed by atoms with Gasteiger partial charge >= 0.3 is 11.9 Å². The Balaban J connectivity index is 1.55. The number of carbonyl (C=O) groups excluding carboxylic acids is 2. The van der Waals surface area contributed by atoms with Gasteiger partial charge in [-0.25, -0.2) is 9.78 Å². The van der Waals surface area contributed by atoms with E-state index >= 15 is 0 Å². The molecule has 3 aromatic rings. The summed E-state index contributed by atoms with van der Waals surface area (Å²) >= 11 is 0. The van der Waals surface area contributed by atoms with E-state index in [1.54, 1.807) is 13.8 Å². The quantitative estimate of drug-likeness (QED) is 0.633. The van der Waals surface area contributed by atoms with Gasteiger partial charge in [0.2, 0.25) is 5.71 Å². The summed E-state index contributed by atoms with van der Waals surface area (Å²) in [4.78, 5) is 33.3. The van der Waals surface area contributed by atoms with Crippen molar-refractivity contribution in [3.63, 3.8) is 0 Å². The van der Waals surface area contributed by atoms with Gasteiger partial charge in [0, 0.05) is 0 Å². The predicted octanol–water partition coefficient (Wildman–Crippen LogP) is 3.07. The normalized spacial score (nSPS) is 14.6. The minimum absolute atomic E-state index is 0.0742. The number of fused-ring (bicyclic) bond motifs is 1. The molecular weight excluding hydrogens is 374 g/mol. The molecule has 2 N–H and O–H groups in total. The summed E-state index contributed by atoms with van der Waals surface area (Å²) in [6.45, 7) is 3.43. The Morgan fingerprint density at radius 3 is 2.55 bits per heavy atom. The highest BCUT2D eigenvalue weighted by Crippen LogP contribution is 2.49. The van der Waals surface area contributed by atoms with Gasteiger partial charge in [0.15, 0.2) is 12.4 Å². The molecule has 1 saturated carbocycles. The second-order valence-corrected chi connectivity index (χ2v) is 6.98. The van der Waals surface area contributed by atoms with E-state index in [0.29, 0.717) is 11.1 Å². The van der Waals surface area contributed by atoms with Crippen molar-refractivity contribution in [2.75, 3.05) is 12.3 Å². The number of hydrogen-bond acceptors (Lipinski definition) is 8. The summed E-state index contributed by atoms with van der Waals surface area (Å²) < 4.78 is 16.1. The summed E-state index contributed by atoms with van der Waals surface area (Å²) in [6, 6.07) is 9.57. The standard InChI is InChI=1S/C21H21N3O5/c1-3-27-19(25)15-12(2)29-18-16(15)17(22)23-14(24-18)11-28-20(26)21(9-10-21)13-7-5-4-6-8-13/h4-8H,3,9-11H2,1-2H3,(H2,22,23,24). The molecule has 0 radical (unpaired) electrons. The Morgan fingerprint density at radius 2 is 1.90 bits per heavy atom. The third-order valence-electron chi connectivity index (χ3n) is 5.08. The molecule has 2 heterocycles. The number of benzene rings is 1. The van der Waals surface area contributed by atoms with E-state index in [1.807, 2.05) is 30.3 Å². The number of anilines is 1. The molecule has 1 aliphatic rings. The average molecular weight is 395 g/mol. The molecule has 1 aromatic carbocycles. The van der Waals surface area contributed by atoms with Crippen molar-refractivity contribution < 1.29 is 23.5 Å². The fourth-order valence-corrected chi connectivity index (χ4v) is 3.46. The third kappa shape index (κ3) is 3.30. The molecule has 0 saturated heterocycles. The first-order valence-corrected chi connectivity index (χ1v) is 9.41. The summed E-state index contributed by atoms with van der Waals surface area (Å²) in [5, 5.41) is 0.305. The second kappa shape index (κ2) is 7.20. The van der Waals surface area contributed by atoms with Crippen LogP contribution in [0.25, 0.3) is 11.1 Å². The fraction of sp³-hybridized carbons (Fsp3) is 0.333. The van der Waals surface area contributed by atoms with Crippen molar-refractivity contribution in [2.45, 2.75) is 38.7 Å². The van der Waals surface area contributed by atoms with E-state index in [9.17, 15) is 9.59 Å². The molecule has 0 bridgehead atoms. The Morgan fingerprint density at radius 1 is 1.17 bits per heavy atom. The summed E-state index contributed by atoms with van der Waals surface area (Å²) in [5.74, 6) is -0.235. The number of nitrogens with zero attached hydrogens (tertiary/aromatic N) is 2. The van der Waals surface area contributed by atoms with Crippen LogP contribution in [0.3, 0.4) is 0 Å². The lowest BCUT2D eigenvalue weighted by Crippen LogP contribution is -2.23. The Labute approximate surface area is 167 Å². The topological polar surface area (TPSA) is 118 Å². The molecule has 0 aliphatic heterocycles. The molecule has 1 fully saturated rings. The molecule has 8 nitrogen and oxygen atoms in total. The Hall–Kier alpha value is -3.42. The van der Waals surface area contributed by atoms with Crippen molar-refractivity contribution in [1.29, 1.82) is 0 Å². The largest absolute Gasteiger partial charge is 0.462 e. The molecule has 0 unspecified atom stereocenters. The van der Waals surface area contributed by atoms with Crippen molar-refractivity contribution in [2.24, 2.45) is 0 Å². The lowest BCUT2D eigenvalue weighted by Gasteiger charge is -2.14. The molecule has 4 rings (SSSR count). The van der Waals surface area contributed by atoms with Gasteiger partial charge in [-0.3, -0.25) is 4.79 Å². The molecule has 2 aromatic heterocycles. The molecule has 1 aliphatic carbocycles. The fourth-order valence-electron chi connectivity index (χ4n) is 3.46. The van der Waals surface area contributed by atoms with Gasteiger partial charge in [-0.05, 0) is 32.3 Å². The lowest BCUT2D eigenvalue weighted by atomic mass is 9.96. The zero-order chi connectivity index (χ0) is 20.6. The van der Waals surface area contributed by atoms with E-state index in [-0.39, 0.29) is 42.1 Å². The lowest BCUT2D eigenvalue weighted by molar-refractivity contribution is -0.148. The molecule has 8 heteroatoms. The Bertz CT molecular complexity index is 1090. The maximum Gasteiger partial charge on any atom is 0.342 e. The molecule has 0 atom stereocenters. The highest BCUT2D eigenvalue weighted by molar-refractivity contribution is 6.07. The summed E-state index contributed by atoms with van der Waals surface area (Å²) in [5.41, 5.74) is 6.77. The highest BCUT2D eigenvalue weighted by atomic mass is 16.5. The molecule has 0 amide bonds. The van der Waals surface area contributed by atoms with E-state index in [4.69, 9.17) is 19.6 Å². The van der Waals surface area contributed by atoms with Crippen LogP contribution < -0.4 is 5.73 Å². The van der Waals surface area contributed by atoms with Gasteiger partial charge in [-0.2, -0.15) is 4.98 Å². The first-order valence-electron chi connectivity index (χ1n) is 9.41. The van der Waals surface area contributed by atoms with Crippen molar-refractivity contribution >= 4 is 28.9 Å². The van der Waals surface area contributed by atoms with E-state index < -0.39 is 11.4 Å². The monoisotopic (exact) mass is 395 g/mol.